The van der Waals surface area contributed by atoms with E-state index in [1.807, 2.05) is 20.8 Å². The van der Waals surface area contributed by atoms with Gasteiger partial charge < -0.3 is 70.7 Å². The summed E-state index contributed by atoms with van der Waals surface area (Å²) in [4.78, 5) is 132. The van der Waals surface area contributed by atoms with Gasteiger partial charge in [0, 0.05) is 82.6 Å². The lowest BCUT2D eigenvalue weighted by atomic mass is 9.66. The van der Waals surface area contributed by atoms with Gasteiger partial charge in [0.15, 0.2) is 88.7 Å². The third-order valence-corrected chi connectivity index (χ3v) is 29.1. The van der Waals surface area contributed by atoms with E-state index < -0.39 is 182 Å². The van der Waals surface area contributed by atoms with E-state index >= 15 is 8.78 Å². The highest BCUT2D eigenvalue weighted by atomic mass is 32.2. The predicted octanol–water partition coefficient (Wildman–Crippen LogP) is 14.9. The summed E-state index contributed by atoms with van der Waals surface area (Å²) < 4.78 is 300. The Morgan fingerprint density at radius 3 is 1.11 bits per heavy atom. The molecule has 9 amide bonds. The van der Waals surface area contributed by atoms with E-state index in [4.69, 9.17) is 51.3 Å². The number of morpholine rings is 2. The number of nitrogens with zero attached hydrogens (tertiary/aromatic N) is 12. The first kappa shape index (κ1) is 106. The number of amides is 9. The van der Waals surface area contributed by atoms with Gasteiger partial charge in [-0.25, -0.2) is 26.7 Å². The first-order chi connectivity index (χ1) is 69.3. The number of barbiturate groups is 1. The molecule has 21 rings (SSSR count). The Bertz CT molecular complexity index is 6780. The quantitative estimate of drug-likeness (QED) is 0.0384. The van der Waals surface area contributed by atoms with Crippen molar-refractivity contribution < 1.29 is 198 Å². The molecule has 10 atom stereocenters. The van der Waals surface area contributed by atoms with Crippen molar-refractivity contribution in [1.82, 2.24) is 36.4 Å². The van der Waals surface area contributed by atoms with Crippen molar-refractivity contribution >= 4 is 211 Å². The fourth-order valence-corrected chi connectivity index (χ4v) is 22.6. The van der Waals surface area contributed by atoms with Gasteiger partial charge in [-0.05, 0) is 63.6 Å². The van der Waals surface area contributed by atoms with Gasteiger partial charge in [-0.15, -0.1) is 39.5 Å². The van der Waals surface area contributed by atoms with Gasteiger partial charge in [0.2, 0.25) is 57.2 Å². The number of alkyl halides is 9. The number of aldehydes is 2. The number of anilines is 7. The number of aliphatic hydroxyl groups excluding tert-OH is 1. The molecule has 10 saturated heterocycles. The summed E-state index contributed by atoms with van der Waals surface area (Å²) in [7, 11) is 1.54. The Morgan fingerprint density at radius 2 is 0.747 bits per heavy atom. The minimum absolute atomic E-state index is 0.0284. The number of aliphatic hydroxyl groups is 1. The SMILES string of the molecule is COC[C@H]1CN(c2noc3c(F)c4c(cc23)CC2(C(=O)NC(=O)NC2=O)[C@H]2[C@H](C)O[C@H](C)CN42)C(=O)S1.C[C@@H]1CN(c2c(C=O)cc3c(N4C[C@H](COC(F)(F)F)SC4=O)noc3c2F)C[C@@H](C)O1.O=C1S[C@@H](CO)CN1c1noc2c(F)c(F)c(C3OCCO3)cc12.O=C1S[C@@H](COC(F)(F)F)CN1c1noc2c(F)c(F)c(C3OCCO3)cc12.O=Cc1cc2c(N3C[C@H](COC(F)(F)F)SC3=O)noc2c(F)c1F. The number of carbonyl (C=O) groups is 10. The van der Waals surface area contributed by atoms with Crippen LogP contribution in [-0.2, 0) is 63.4 Å². The third kappa shape index (κ3) is 21.1. The first-order valence-electron chi connectivity index (χ1n) is 43.3. The number of hydrogen-bond acceptors (Lipinski definition) is 38. The maximum atomic E-state index is 16.2. The van der Waals surface area contributed by atoms with Crippen LogP contribution in [0.5, 0.6) is 0 Å². The number of methoxy groups -OCH3 is 1. The van der Waals surface area contributed by atoms with E-state index in [2.05, 4.69) is 55.2 Å². The molecule has 40 nitrogen and oxygen atoms in total. The van der Waals surface area contributed by atoms with E-state index in [0.29, 0.717) is 73.4 Å². The molecule has 5 aromatic carbocycles. The number of carbonyl (C=O) groups excluding carboxylic acids is 10. The molecule has 62 heteroatoms. The van der Waals surface area contributed by atoms with Gasteiger partial charge in [0.05, 0.1) is 160 Å². The van der Waals surface area contributed by atoms with E-state index in [1.165, 1.54) is 28.0 Å². The summed E-state index contributed by atoms with van der Waals surface area (Å²) in [6, 6.07) is 4.64. The van der Waals surface area contributed by atoms with E-state index in [9.17, 15) is 119 Å². The standard InChI is InChI=1S/C23H24FN5O7S.C19H19F4N3O5S.C15H11F5N2O5S.C14H12F2N2O5S.C13H7F5N2O4S/c1-9-6-28-15-11(5-23(17(28)10(2)35-9)19(30)25-21(32)26-20(23)31)4-13-16(14(15)24)36-27-18(13)29-7-12(8-34-3)37-22(29)33;1-9-4-25(5-10(2)30-9)15-11(7-27)3-13-16(14(15)20)31-24-17(13)26-6-12(32-18(26)28)8-29-19(21,22)23;16-9-7(13-24-1-2-25-13)3-8-11(10(9)17)27-21-12(8)22-4-6(28-14(22)23)5-26-15(18,19)20;15-9-7(13-21-1-2-22-13)3-8-11(10(9)16)23-17-12(8)18-4-6(5-19)24-14(18)20;14-8-5(3-21)1-7-10(9(8)15)24-19-11(7)20-2-6(25-12(20)22)4-23-13(16,17)18/h4,9-10,12,17H,5-8H2,1-3H3,(H2,25,26,30,31,32);3,7,9-10,12H,4-6,8H2,1-2H3;3,6,13H,1-2,4-5H2;3,6,13,19H,1-2,4-5H2;1,3,6H,2,4H2/t9-,10+,12-,17-;9-,10-,12-;3*6-/m11111/s1. The zero-order valence-electron chi connectivity index (χ0n) is 75.2. The summed E-state index contributed by atoms with van der Waals surface area (Å²) in [5.41, 5.74) is -3.95. The number of benzene rings is 5. The highest BCUT2D eigenvalue weighted by Crippen LogP contribution is 2.53. The molecule has 3 N–H and O–H groups in total. The van der Waals surface area contributed by atoms with Crippen LogP contribution in [0, 0.1) is 52.0 Å². The average Bonchev–Trinajstić information content (AvgIpc) is 1.22. The Morgan fingerprint density at radius 1 is 0.418 bits per heavy atom. The molecule has 0 aliphatic carbocycles. The van der Waals surface area contributed by atoms with Crippen molar-refractivity contribution in [2.45, 2.75) is 122 Å². The molecule has 146 heavy (non-hydrogen) atoms. The van der Waals surface area contributed by atoms with Gasteiger partial charge in [-0.2, -0.15) is 13.2 Å². The van der Waals surface area contributed by atoms with Crippen LogP contribution < -0.4 is 44.9 Å². The number of urea groups is 1. The van der Waals surface area contributed by atoms with Crippen molar-refractivity contribution in [2.75, 3.05) is 153 Å². The molecule has 784 valence electrons. The van der Waals surface area contributed by atoms with Crippen molar-refractivity contribution in [2.24, 2.45) is 5.41 Å². The number of hydrogen-bond donors (Lipinski definition) is 3. The summed E-state index contributed by atoms with van der Waals surface area (Å²) in [6.07, 6.45) is -17.6. The van der Waals surface area contributed by atoms with E-state index in [0.717, 1.165) is 44.3 Å². The molecule has 11 aliphatic rings. The number of aromatic nitrogens is 5. The molecular weight excluding hydrogens is 2100 g/mol. The molecule has 16 heterocycles. The molecule has 0 radical (unpaired) electrons. The second-order valence-electron chi connectivity index (χ2n) is 33.7. The lowest BCUT2D eigenvalue weighted by Crippen LogP contribution is -2.75. The van der Waals surface area contributed by atoms with Crippen LogP contribution in [0.25, 0.3) is 54.8 Å². The fourth-order valence-electron chi connectivity index (χ4n) is 18.0. The molecule has 10 fully saturated rings. The van der Waals surface area contributed by atoms with Crippen molar-refractivity contribution in [3.8, 4) is 0 Å². The average molecular weight is 2180 g/mol. The lowest BCUT2D eigenvalue weighted by molar-refractivity contribution is -0.324. The normalized spacial score (nSPS) is 23.6. The monoisotopic (exact) mass is 2180 g/mol. The number of thioether (sulfide) groups is 5. The van der Waals surface area contributed by atoms with Gasteiger partial charge in [-0.3, -0.25) is 92.5 Å². The highest BCUT2D eigenvalue weighted by Gasteiger charge is 2.64. The maximum absolute atomic E-state index is 16.2. The van der Waals surface area contributed by atoms with Crippen molar-refractivity contribution in [3.63, 3.8) is 0 Å². The summed E-state index contributed by atoms with van der Waals surface area (Å²) in [5.74, 6) is -11.0. The van der Waals surface area contributed by atoms with Gasteiger partial charge in [0.25, 0.3) is 26.2 Å². The van der Waals surface area contributed by atoms with Crippen LogP contribution in [0.15, 0.2) is 52.9 Å². The zero-order valence-corrected chi connectivity index (χ0v) is 79.3. The van der Waals surface area contributed by atoms with Crippen LogP contribution in [0.3, 0.4) is 0 Å². The van der Waals surface area contributed by atoms with Gasteiger partial charge >= 0.3 is 25.1 Å². The molecule has 11 aliphatic heterocycles. The molecule has 10 aromatic rings. The molecule has 0 bridgehead atoms. The molecule has 0 unspecified atom stereocenters. The Balaban J connectivity index is 0.000000126. The Kier molecular flexibility index (Phi) is 30.6. The predicted molar refractivity (Wildman–Crippen MR) is 477 cm³/mol. The number of nitrogens with one attached hydrogen (secondary N) is 2. The summed E-state index contributed by atoms with van der Waals surface area (Å²) >= 11 is 3.91. The number of fused-ring (bicyclic) bond motifs is 9. The molecule has 5 aromatic heterocycles. The Labute approximate surface area is 826 Å². The second-order valence-corrected chi connectivity index (χ2v) is 39.9. The van der Waals surface area contributed by atoms with Crippen LogP contribution in [0.2, 0.25) is 0 Å². The summed E-state index contributed by atoms with van der Waals surface area (Å²) in [5, 5.41) is 27.1. The van der Waals surface area contributed by atoms with E-state index in [-0.39, 0.29) is 219 Å². The number of rotatable bonds is 19. The van der Waals surface area contributed by atoms with Crippen LogP contribution in [0.1, 0.15) is 77.7 Å². The first-order valence-corrected chi connectivity index (χ1v) is 47.7. The Hall–Kier alpha value is -11.5. The van der Waals surface area contributed by atoms with Gasteiger partial charge in [0.1, 0.15) is 0 Å². The minimum Gasteiger partial charge on any atom is -0.395 e. The molecular formula is C84H73F17N14O26S5. The maximum Gasteiger partial charge on any atom is 0.522 e. The number of imide groups is 2. The van der Waals surface area contributed by atoms with Gasteiger partial charge in [-0.1, -0.05) is 84.6 Å². The highest BCUT2D eigenvalue weighted by molar-refractivity contribution is 8.16. The van der Waals surface area contributed by atoms with Crippen molar-refractivity contribution in [1.29, 1.82) is 0 Å². The smallest absolute Gasteiger partial charge is 0.395 e. The molecule has 0 saturated carbocycles. The molecule has 1 spiro atoms. The number of halogens is 17. The summed E-state index contributed by atoms with van der Waals surface area (Å²) in [6.45, 7) is 6.97. The van der Waals surface area contributed by atoms with Crippen LogP contribution in [-0.4, -0.2) is 282 Å². The van der Waals surface area contributed by atoms with Crippen LogP contribution >= 0.6 is 58.8 Å². The number of ether oxygens (including phenoxy) is 10. The fraction of sp³-hybridized carbons (Fsp3) is 0.464. The topological polar surface area (TPSA) is 460 Å². The lowest BCUT2D eigenvalue weighted by Gasteiger charge is -2.55. The van der Waals surface area contributed by atoms with Crippen LogP contribution in [0.4, 0.5) is 144 Å². The van der Waals surface area contributed by atoms with E-state index in [1.54, 1.807) is 29.9 Å². The van der Waals surface area contributed by atoms with Crippen molar-refractivity contribution in [3.05, 3.63) is 105 Å². The largest absolute Gasteiger partial charge is 0.522 e. The third-order valence-electron chi connectivity index (χ3n) is 23.8. The minimum atomic E-state index is -4.84. The zero-order chi connectivity index (χ0) is 105. The second kappa shape index (κ2) is 42.2.